The molecule has 0 unspecified atom stereocenters. The Labute approximate surface area is 174 Å². The van der Waals surface area contributed by atoms with Crippen molar-refractivity contribution in [1.82, 2.24) is 19.5 Å². The predicted molar refractivity (Wildman–Crippen MR) is 113 cm³/mol. The number of fused-ring (bicyclic) bond motifs is 1. The molecule has 0 saturated carbocycles. The van der Waals surface area contributed by atoms with E-state index in [1.54, 1.807) is 21.7 Å². The summed E-state index contributed by atoms with van der Waals surface area (Å²) in [4.78, 5) is 20.7. The van der Waals surface area contributed by atoms with Crippen LogP contribution in [0.4, 0.5) is 10.5 Å². The minimum Gasteiger partial charge on any atom is -0.444 e. The molecule has 1 amide bonds. The Bertz CT molecular complexity index is 1030. The maximum atomic E-state index is 12.3. The summed E-state index contributed by atoms with van der Waals surface area (Å²) >= 11 is 6.06. The van der Waals surface area contributed by atoms with Crippen LogP contribution >= 0.6 is 11.6 Å². The maximum absolute atomic E-state index is 12.3. The molecule has 4 rings (SSSR count). The number of hydrogen-bond donors (Lipinski definition) is 0. The number of ether oxygens (including phenoxy) is 1. The zero-order chi connectivity index (χ0) is 20.6. The summed E-state index contributed by atoms with van der Waals surface area (Å²) in [5.41, 5.74) is 3.27. The molecule has 0 spiro atoms. The van der Waals surface area contributed by atoms with Gasteiger partial charge in [0, 0.05) is 37.4 Å². The summed E-state index contributed by atoms with van der Waals surface area (Å²) < 4.78 is 7.23. The summed E-state index contributed by atoms with van der Waals surface area (Å²) in [6.45, 7) is 8.41. The van der Waals surface area contributed by atoms with E-state index in [4.69, 9.17) is 16.3 Å². The fraction of sp³-hybridized carbons (Fsp3) is 0.381. The second-order valence-corrected chi connectivity index (χ2v) is 8.46. The quantitative estimate of drug-likeness (QED) is 0.632. The van der Waals surface area contributed by atoms with Crippen LogP contribution in [-0.4, -0.2) is 57.4 Å². The van der Waals surface area contributed by atoms with Gasteiger partial charge in [0.15, 0.2) is 5.65 Å². The summed E-state index contributed by atoms with van der Waals surface area (Å²) in [7, 11) is 0. The molecule has 3 heterocycles. The summed E-state index contributed by atoms with van der Waals surface area (Å²) in [5.74, 6) is 0. The van der Waals surface area contributed by atoms with Crippen molar-refractivity contribution in [1.29, 1.82) is 0 Å². The van der Waals surface area contributed by atoms with Gasteiger partial charge < -0.3 is 14.5 Å². The van der Waals surface area contributed by atoms with Gasteiger partial charge in [-0.05, 0) is 45.0 Å². The van der Waals surface area contributed by atoms with Gasteiger partial charge in [0.1, 0.15) is 10.8 Å². The number of halogens is 1. The van der Waals surface area contributed by atoms with Gasteiger partial charge in [-0.15, -0.1) is 0 Å². The van der Waals surface area contributed by atoms with Crippen molar-refractivity contribution in [2.75, 3.05) is 31.1 Å². The molecule has 2 aromatic heterocycles. The monoisotopic (exact) mass is 413 g/mol. The molecule has 8 heteroatoms. The average molecular weight is 414 g/mol. The Kier molecular flexibility index (Phi) is 5.08. The number of nitrogens with zero attached hydrogens (tertiary/aromatic N) is 5. The summed E-state index contributed by atoms with van der Waals surface area (Å²) in [5, 5.41) is 4.78. The second kappa shape index (κ2) is 7.55. The molecule has 0 atom stereocenters. The molecule has 152 valence electrons. The van der Waals surface area contributed by atoms with Gasteiger partial charge >= 0.3 is 6.09 Å². The van der Waals surface area contributed by atoms with Crippen molar-refractivity contribution in [3.05, 3.63) is 47.7 Å². The lowest BCUT2D eigenvalue weighted by molar-refractivity contribution is 0.0240. The van der Waals surface area contributed by atoms with Gasteiger partial charge in [0.25, 0.3) is 0 Å². The van der Waals surface area contributed by atoms with E-state index in [9.17, 15) is 4.79 Å². The van der Waals surface area contributed by atoms with E-state index in [2.05, 4.69) is 27.1 Å². The fourth-order valence-corrected chi connectivity index (χ4v) is 3.52. The van der Waals surface area contributed by atoms with E-state index in [1.165, 1.54) is 0 Å². The van der Waals surface area contributed by atoms with Crippen molar-refractivity contribution in [3.8, 4) is 11.3 Å². The molecule has 7 nitrogen and oxygen atoms in total. The zero-order valence-corrected chi connectivity index (χ0v) is 17.6. The molecule has 0 N–H and O–H groups in total. The molecular formula is C21H24ClN5O2. The Morgan fingerprint density at radius 2 is 1.86 bits per heavy atom. The molecule has 29 heavy (non-hydrogen) atoms. The number of benzene rings is 1. The first-order valence-electron chi connectivity index (χ1n) is 9.64. The standard InChI is InChI=1S/C21H24ClN5O2/c1-21(2,3)29-20(28)26-11-9-25(10-12-26)16-6-4-5-15(13-16)17-14-23-19-8-7-18(22)24-27(17)19/h4-8,13-14H,9-12H2,1-3H3. The molecule has 1 fully saturated rings. The van der Waals surface area contributed by atoms with E-state index >= 15 is 0 Å². The largest absolute Gasteiger partial charge is 0.444 e. The number of carbonyl (C=O) groups is 1. The van der Waals surface area contributed by atoms with Crippen LogP contribution in [0.5, 0.6) is 0 Å². The van der Waals surface area contributed by atoms with Crippen molar-refractivity contribution >= 4 is 29.0 Å². The molecule has 1 aliphatic heterocycles. The average Bonchev–Trinajstić information content (AvgIpc) is 3.10. The van der Waals surface area contributed by atoms with Crippen molar-refractivity contribution in [3.63, 3.8) is 0 Å². The van der Waals surface area contributed by atoms with Crippen molar-refractivity contribution in [2.45, 2.75) is 26.4 Å². The van der Waals surface area contributed by atoms with Crippen LogP contribution in [0.2, 0.25) is 5.15 Å². The highest BCUT2D eigenvalue weighted by Gasteiger charge is 2.26. The first kappa shape index (κ1) is 19.5. The van der Waals surface area contributed by atoms with E-state index in [-0.39, 0.29) is 6.09 Å². The molecule has 0 aliphatic carbocycles. The number of carbonyl (C=O) groups excluding carboxylic acids is 1. The Morgan fingerprint density at radius 3 is 2.59 bits per heavy atom. The summed E-state index contributed by atoms with van der Waals surface area (Å²) in [6, 6.07) is 11.8. The Morgan fingerprint density at radius 1 is 1.10 bits per heavy atom. The van der Waals surface area contributed by atoms with E-state index in [0.717, 1.165) is 35.7 Å². The number of hydrogen-bond acceptors (Lipinski definition) is 5. The smallest absolute Gasteiger partial charge is 0.410 e. The first-order valence-corrected chi connectivity index (χ1v) is 10.0. The Hall–Kier alpha value is -2.80. The molecule has 1 aliphatic rings. The lowest BCUT2D eigenvalue weighted by Gasteiger charge is -2.36. The molecule has 1 saturated heterocycles. The van der Waals surface area contributed by atoms with Gasteiger partial charge in [-0.1, -0.05) is 23.7 Å². The number of amides is 1. The van der Waals surface area contributed by atoms with Crippen LogP contribution in [-0.2, 0) is 4.74 Å². The predicted octanol–water partition coefficient (Wildman–Crippen LogP) is 4.11. The maximum Gasteiger partial charge on any atom is 0.410 e. The van der Waals surface area contributed by atoms with Crippen LogP contribution in [0.25, 0.3) is 16.9 Å². The third kappa shape index (κ3) is 4.29. The van der Waals surface area contributed by atoms with Gasteiger partial charge in [-0.25, -0.2) is 14.3 Å². The van der Waals surface area contributed by atoms with E-state index in [0.29, 0.717) is 18.2 Å². The molecule has 1 aromatic carbocycles. The van der Waals surface area contributed by atoms with Gasteiger partial charge in [-0.3, -0.25) is 0 Å². The number of anilines is 1. The highest BCUT2D eigenvalue weighted by Crippen LogP contribution is 2.26. The van der Waals surface area contributed by atoms with Crippen molar-refractivity contribution in [2.24, 2.45) is 0 Å². The lowest BCUT2D eigenvalue weighted by atomic mass is 10.1. The fourth-order valence-electron chi connectivity index (χ4n) is 3.38. The highest BCUT2D eigenvalue weighted by molar-refractivity contribution is 6.29. The molecular weight excluding hydrogens is 390 g/mol. The van der Waals surface area contributed by atoms with Crippen LogP contribution in [0.1, 0.15) is 20.8 Å². The minimum atomic E-state index is -0.479. The third-order valence-electron chi connectivity index (χ3n) is 4.77. The van der Waals surface area contributed by atoms with Crippen LogP contribution < -0.4 is 4.90 Å². The van der Waals surface area contributed by atoms with Gasteiger partial charge in [-0.2, -0.15) is 5.10 Å². The normalized spacial score (nSPS) is 15.0. The lowest BCUT2D eigenvalue weighted by Crippen LogP contribution is -2.50. The molecule has 0 bridgehead atoms. The number of aromatic nitrogens is 3. The molecule has 0 radical (unpaired) electrons. The van der Waals surface area contributed by atoms with E-state index in [1.807, 2.05) is 39.0 Å². The number of piperazine rings is 1. The van der Waals surface area contributed by atoms with Gasteiger partial charge in [0.2, 0.25) is 0 Å². The SMILES string of the molecule is CC(C)(C)OC(=O)N1CCN(c2cccc(-c3cnc4ccc(Cl)nn34)c2)CC1. The minimum absolute atomic E-state index is 0.250. The van der Waals surface area contributed by atoms with E-state index < -0.39 is 5.60 Å². The first-order chi connectivity index (χ1) is 13.8. The van der Waals surface area contributed by atoms with Crippen LogP contribution in [0.3, 0.4) is 0 Å². The highest BCUT2D eigenvalue weighted by atomic mass is 35.5. The Balaban J connectivity index is 1.50. The second-order valence-electron chi connectivity index (χ2n) is 8.07. The van der Waals surface area contributed by atoms with Crippen LogP contribution in [0.15, 0.2) is 42.6 Å². The third-order valence-corrected chi connectivity index (χ3v) is 4.97. The van der Waals surface area contributed by atoms with Crippen molar-refractivity contribution < 1.29 is 9.53 Å². The number of rotatable bonds is 2. The number of imidazole rings is 1. The summed E-state index contributed by atoms with van der Waals surface area (Å²) in [6.07, 6.45) is 1.55. The van der Waals surface area contributed by atoms with Crippen LogP contribution in [0, 0.1) is 0 Å². The zero-order valence-electron chi connectivity index (χ0n) is 16.8. The molecule has 3 aromatic rings. The van der Waals surface area contributed by atoms with Gasteiger partial charge in [0.05, 0.1) is 11.9 Å². The topological polar surface area (TPSA) is 63.0 Å².